The number of hydrogen-bond donors (Lipinski definition) is 0. The fraction of sp³-hybridized carbons (Fsp3) is 0.296. The topological polar surface area (TPSA) is 34.5 Å². The van der Waals surface area contributed by atoms with E-state index in [1.165, 1.54) is 37.1 Å². The zero-order valence-corrected chi connectivity index (χ0v) is 18.2. The number of benzene rings is 2. The van der Waals surface area contributed by atoms with E-state index in [9.17, 15) is 4.79 Å². The van der Waals surface area contributed by atoms with E-state index in [1.54, 1.807) is 16.8 Å². The summed E-state index contributed by atoms with van der Waals surface area (Å²) in [6, 6.07) is 19.9. The van der Waals surface area contributed by atoms with Crippen molar-refractivity contribution in [1.82, 2.24) is 9.47 Å². The number of rotatable bonds is 8. The van der Waals surface area contributed by atoms with E-state index in [0.29, 0.717) is 18.9 Å². The monoisotopic (exact) mass is 414 g/mol. The summed E-state index contributed by atoms with van der Waals surface area (Å²) in [5.74, 6) is 0.582. The molecule has 0 radical (unpaired) electrons. The molecule has 0 atom stereocenters. The Morgan fingerprint density at radius 3 is 2.48 bits per heavy atom. The molecule has 0 bridgehead atoms. The summed E-state index contributed by atoms with van der Waals surface area (Å²) in [4.78, 5) is 15.1. The van der Waals surface area contributed by atoms with Crippen LogP contribution in [0.25, 0.3) is 5.57 Å². The molecule has 31 heavy (non-hydrogen) atoms. The van der Waals surface area contributed by atoms with Gasteiger partial charge in [-0.25, -0.2) is 0 Å². The largest absolute Gasteiger partial charge is 0.489 e. The first-order valence-corrected chi connectivity index (χ1v) is 11.0. The highest BCUT2D eigenvalue weighted by atomic mass is 16.5. The minimum absolute atomic E-state index is 0.0879. The van der Waals surface area contributed by atoms with Crippen LogP contribution >= 0.6 is 0 Å². The lowest BCUT2D eigenvalue weighted by Gasteiger charge is -2.17. The van der Waals surface area contributed by atoms with Gasteiger partial charge in [0.2, 0.25) is 0 Å². The molecule has 4 rings (SSSR count). The summed E-state index contributed by atoms with van der Waals surface area (Å²) in [5.41, 5.74) is 5.58. The van der Waals surface area contributed by atoms with Gasteiger partial charge in [-0.05, 0) is 66.7 Å². The zero-order chi connectivity index (χ0) is 21.6. The molecule has 0 unspecified atom stereocenters. The van der Waals surface area contributed by atoms with Gasteiger partial charge in [0.1, 0.15) is 12.4 Å². The molecule has 1 aliphatic heterocycles. The SMILES string of the molecule is C=C(Cn1ccc(OCc2ccccc2)cc1=O)c1ccc(CN2CCCC2)cc1C. The molecule has 0 N–H and O–H groups in total. The van der Waals surface area contributed by atoms with Crippen molar-refractivity contribution in [3.63, 3.8) is 0 Å². The minimum Gasteiger partial charge on any atom is -0.489 e. The van der Waals surface area contributed by atoms with Crippen LogP contribution in [0.1, 0.15) is 35.1 Å². The third-order valence-electron chi connectivity index (χ3n) is 5.85. The highest BCUT2D eigenvalue weighted by Gasteiger charge is 2.13. The summed E-state index contributed by atoms with van der Waals surface area (Å²) in [6.45, 7) is 10.7. The number of allylic oxidation sites excluding steroid dienone is 1. The third-order valence-corrected chi connectivity index (χ3v) is 5.85. The van der Waals surface area contributed by atoms with Crippen molar-refractivity contribution >= 4 is 5.57 Å². The molecule has 4 heteroatoms. The molecule has 1 saturated heterocycles. The molecule has 1 aromatic heterocycles. The smallest absolute Gasteiger partial charge is 0.254 e. The number of nitrogens with zero attached hydrogens (tertiary/aromatic N) is 2. The van der Waals surface area contributed by atoms with E-state index < -0.39 is 0 Å². The second-order valence-corrected chi connectivity index (χ2v) is 8.34. The summed E-state index contributed by atoms with van der Waals surface area (Å²) >= 11 is 0. The summed E-state index contributed by atoms with van der Waals surface area (Å²) < 4.78 is 7.44. The predicted molar refractivity (Wildman–Crippen MR) is 126 cm³/mol. The molecule has 2 heterocycles. The Bertz CT molecular complexity index is 1100. The molecule has 2 aromatic carbocycles. The van der Waals surface area contributed by atoms with Crippen molar-refractivity contribution in [1.29, 1.82) is 0 Å². The van der Waals surface area contributed by atoms with Gasteiger partial charge in [0.25, 0.3) is 5.56 Å². The second kappa shape index (κ2) is 9.80. The Balaban J connectivity index is 1.39. The molecule has 4 nitrogen and oxygen atoms in total. The van der Waals surface area contributed by atoms with Gasteiger partial charge in [0, 0.05) is 18.8 Å². The Labute approximate surface area is 184 Å². The highest BCUT2D eigenvalue weighted by Crippen LogP contribution is 2.22. The van der Waals surface area contributed by atoms with Gasteiger partial charge in [0.05, 0.1) is 6.54 Å². The van der Waals surface area contributed by atoms with Crippen molar-refractivity contribution < 1.29 is 4.74 Å². The van der Waals surface area contributed by atoms with E-state index in [4.69, 9.17) is 4.74 Å². The molecular weight excluding hydrogens is 384 g/mol. The summed E-state index contributed by atoms with van der Waals surface area (Å²) in [6.07, 6.45) is 4.39. The Morgan fingerprint density at radius 1 is 1.00 bits per heavy atom. The van der Waals surface area contributed by atoms with Gasteiger partial charge in [-0.2, -0.15) is 0 Å². The lowest BCUT2D eigenvalue weighted by atomic mass is 9.99. The van der Waals surface area contributed by atoms with Crippen molar-refractivity contribution in [3.8, 4) is 5.75 Å². The molecule has 0 amide bonds. The van der Waals surface area contributed by atoms with Gasteiger partial charge < -0.3 is 9.30 Å². The molecule has 1 fully saturated rings. The van der Waals surface area contributed by atoms with Crippen LogP contribution in [0.5, 0.6) is 5.75 Å². The lowest BCUT2D eigenvalue weighted by Crippen LogP contribution is -2.19. The molecular formula is C27H30N2O2. The fourth-order valence-corrected chi connectivity index (χ4v) is 4.16. The summed E-state index contributed by atoms with van der Waals surface area (Å²) in [5, 5.41) is 0. The molecule has 3 aromatic rings. The number of likely N-dealkylation sites (tertiary alicyclic amines) is 1. The molecule has 1 aliphatic rings. The maximum absolute atomic E-state index is 12.6. The predicted octanol–water partition coefficient (Wildman–Crippen LogP) is 5.04. The van der Waals surface area contributed by atoms with Crippen molar-refractivity contribution in [3.05, 3.63) is 106 Å². The van der Waals surface area contributed by atoms with E-state index in [1.807, 2.05) is 36.4 Å². The van der Waals surface area contributed by atoms with Crippen molar-refractivity contribution in [2.45, 2.75) is 39.5 Å². The average molecular weight is 415 g/mol. The van der Waals surface area contributed by atoms with Crippen molar-refractivity contribution in [2.75, 3.05) is 13.1 Å². The number of aromatic nitrogens is 1. The van der Waals surface area contributed by atoms with E-state index in [-0.39, 0.29) is 5.56 Å². The van der Waals surface area contributed by atoms with Gasteiger partial charge in [-0.3, -0.25) is 9.69 Å². The van der Waals surface area contributed by atoms with Crippen LogP contribution in [0.15, 0.2) is 78.2 Å². The van der Waals surface area contributed by atoms with Crippen LogP contribution in [-0.2, 0) is 19.7 Å². The first kappa shape index (κ1) is 21.1. The Hall–Kier alpha value is -3.11. The quantitative estimate of drug-likeness (QED) is 0.518. The zero-order valence-electron chi connectivity index (χ0n) is 18.2. The molecule has 0 aliphatic carbocycles. The van der Waals surface area contributed by atoms with Crippen LogP contribution in [-0.4, -0.2) is 22.6 Å². The van der Waals surface area contributed by atoms with E-state index >= 15 is 0 Å². The van der Waals surface area contributed by atoms with Gasteiger partial charge in [-0.1, -0.05) is 55.1 Å². The maximum atomic E-state index is 12.6. The van der Waals surface area contributed by atoms with Gasteiger partial charge in [-0.15, -0.1) is 0 Å². The highest BCUT2D eigenvalue weighted by molar-refractivity contribution is 5.66. The van der Waals surface area contributed by atoms with Crippen LogP contribution in [0.3, 0.4) is 0 Å². The molecule has 0 spiro atoms. The first-order valence-electron chi connectivity index (χ1n) is 11.0. The van der Waals surface area contributed by atoms with Crippen LogP contribution in [0.4, 0.5) is 0 Å². The Kier molecular flexibility index (Phi) is 6.68. The second-order valence-electron chi connectivity index (χ2n) is 8.34. The molecule has 160 valence electrons. The lowest BCUT2D eigenvalue weighted by molar-refractivity contribution is 0.305. The van der Waals surface area contributed by atoms with Crippen molar-refractivity contribution in [2.24, 2.45) is 0 Å². The van der Waals surface area contributed by atoms with E-state index in [2.05, 4.69) is 36.6 Å². The normalized spacial score (nSPS) is 14.0. The van der Waals surface area contributed by atoms with Crippen LogP contribution in [0, 0.1) is 6.92 Å². The van der Waals surface area contributed by atoms with Crippen LogP contribution in [0.2, 0.25) is 0 Å². The number of aryl methyl sites for hydroxylation is 1. The molecule has 0 saturated carbocycles. The number of ether oxygens (including phenoxy) is 1. The Morgan fingerprint density at radius 2 is 1.77 bits per heavy atom. The summed E-state index contributed by atoms with van der Waals surface area (Å²) in [7, 11) is 0. The van der Waals surface area contributed by atoms with E-state index in [0.717, 1.165) is 23.2 Å². The van der Waals surface area contributed by atoms with Crippen LogP contribution < -0.4 is 10.3 Å². The number of pyridine rings is 1. The maximum Gasteiger partial charge on any atom is 0.254 e. The van der Waals surface area contributed by atoms with Gasteiger partial charge >= 0.3 is 0 Å². The third kappa shape index (κ3) is 5.53. The standard InChI is InChI=1S/C27H30N2O2/c1-21-16-24(19-28-13-6-7-14-28)10-11-26(21)22(2)18-29-15-12-25(17-27(29)30)31-20-23-8-4-3-5-9-23/h3-5,8-12,15-17H,2,6-7,13-14,18-20H2,1H3. The first-order chi connectivity index (χ1) is 15.1. The minimum atomic E-state index is -0.0879. The van der Waals surface area contributed by atoms with Gasteiger partial charge in [0.15, 0.2) is 0 Å². The number of hydrogen-bond acceptors (Lipinski definition) is 3. The average Bonchev–Trinajstić information content (AvgIpc) is 3.28. The fourth-order valence-electron chi connectivity index (χ4n) is 4.16.